The molecule has 0 amide bonds. The summed E-state index contributed by atoms with van der Waals surface area (Å²) in [5.41, 5.74) is 4.69. The van der Waals surface area contributed by atoms with E-state index in [0.29, 0.717) is 6.54 Å². The molecule has 0 bridgehead atoms. The first-order chi connectivity index (χ1) is 11.2. The van der Waals surface area contributed by atoms with Crippen molar-refractivity contribution in [2.75, 3.05) is 13.1 Å². The van der Waals surface area contributed by atoms with Gasteiger partial charge in [0.05, 0.1) is 6.42 Å². The van der Waals surface area contributed by atoms with Crippen LogP contribution in [0.4, 0.5) is 0 Å². The highest BCUT2D eigenvalue weighted by Crippen LogP contribution is 2.22. The quantitative estimate of drug-likeness (QED) is 0.917. The summed E-state index contributed by atoms with van der Waals surface area (Å²) < 4.78 is 0. The third-order valence-electron chi connectivity index (χ3n) is 4.17. The van der Waals surface area contributed by atoms with Gasteiger partial charge in [0, 0.05) is 19.6 Å². The van der Waals surface area contributed by atoms with Crippen molar-refractivity contribution in [3.63, 3.8) is 0 Å². The molecule has 3 rings (SSSR count). The summed E-state index contributed by atoms with van der Waals surface area (Å²) in [6, 6.07) is 18.7. The zero-order valence-electron chi connectivity index (χ0n) is 13.1. The van der Waals surface area contributed by atoms with E-state index < -0.39 is 5.97 Å². The van der Waals surface area contributed by atoms with Crippen molar-refractivity contribution in [2.24, 2.45) is 0 Å². The number of benzene rings is 2. The monoisotopic (exact) mass is 307 g/mol. The van der Waals surface area contributed by atoms with E-state index in [0.717, 1.165) is 30.6 Å². The number of carbonyl (C=O) groups is 1. The lowest BCUT2D eigenvalue weighted by molar-refractivity contribution is -0.136. The summed E-state index contributed by atoms with van der Waals surface area (Å²) in [5.74, 6) is -0.765. The molecule has 2 aromatic carbocycles. The van der Waals surface area contributed by atoms with E-state index >= 15 is 0 Å². The van der Waals surface area contributed by atoms with Crippen LogP contribution in [0.3, 0.4) is 0 Å². The first kappa shape index (κ1) is 15.5. The van der Waals surface area contributed by atoms with E-state index in [1.807, 2.05) is 24.3 Å². The van der Waals surface area contributed by atoms with Crippen LogP contribution in [0.5, 0.6) is 0 Å². The zero-order valence-corrected chi connectivity index (χ0v) is 13.1. The fraction of sp³-hybridized carbons (Fsp3) is 0.250. The summed E-state index contributed by atoms with van der Waals surface area (Å²) >= 11 is 0. The molecular weight excluding hydrogens is 286 g/mol. The van der Waals surface area contributed by atoms with Crippen LogP contribution in [-0.4, -0.2) is 29.1 Å². The molecule has 0 aromatic heterocycles. The predicted molar refractivity (Wildman–Crippen MR) is 92.1 cm³/mol. The van der Waals surface area contributed by atoms with Gasteiger partial charge in [-0.3, -0.25) is 9.69 Å². The minimum absolute atomic E-state index is 0.107. The number of fused-ring (bicyclic) bond motifs is 1. The van der Waals surface area contributed by atoms with Gasteiger partial charge < -0.3 is 5.11 Å². The normalized spacial score (nSPS) is 14.7. The number of hydrogen-bond donors (Lipinski definition) is 1. The minimum atomic E-state index is -0.765. The molecule has 3 nitrogen and oxygen atoms in total. The summed E-state index contributed by atoms with van der Waals surface area (Å²) in [4.78, 5) is 13.5. The van der Waals surface area contributed by atoms with Crippen molar-refractivity contribution < 1.29 is 9.90 Å². The Labute approximate surface area is 136 Å². The highest BCUT2D eigenvalue weighted by molar-refractivity contribution is 5.73. The molecule has 1 heterocycles. The molecule has 3 heteroatoms. The molecule has 118 valence electrons. The summed E-state index contributed by atoms with van der Waals surface area (Å²) in [6.45, 7) is 2.51. The zero-order chi connectivity index (χ0) is 16.1. The molecule has 1 aliphatic heterocycles. The van der Waals surface area contributed by atoms with Crippen molar-refractivity contribution in [3.05, 3.63) is 76.9 Å². The Morgan fingerprint density at radius 2 is 1.74 bits per heavy atom. The second-order valence-corrected chi connectivity index (χ2v) is 6.02. The van der Waals surface area contributed by atoms with Crippen LogP contribution in [0.2, 0.25) is 0 Å². The van der Waals surface area contributed by atoms with Gasteiger partial charge in [-0.15, -0.1) is 0 Å². The fourth-order valence-corrected chi connectivity index (χ4v) is 3.06. The van der Waals surface area contributed by atoms with Crippen LogP contribution in [0, 0.1) is 0 Å². The molecule has 0 saturated heterocycles. The summed E-state index contributed by atoms with van der Waals surface area (Å²) in [6.07, 6.45) is 3.13. The average Bonchev–Trinajstić information content (AvgIpc) is 2.71. The van der Waals surface area contributed by atoms with E-state index in [-0.39, 0.29) is 6.42 Å². The van der Waals surface area contributed by atoms with Gasteiger partial charge in [-0.25, -0.2) is 0 Å². The van der Waals surface area contributed by atoms with Gasteiger partial charge in [-0.2, -0.15) is 0 Å². The van der Waals surface area contributed by atoms with Crippen molar-refractivity contribution in [3.8, 4) is 0 Å². The molecule has 2 aromatic rings. The smallest absolute Gasteiger partial charge is 0.307 e. The number of hydrogen-bond acceptors (Lipinski definition) is 2. The van der Waals surface area contributed by atoms with E-state index in [4.69, 9.17) is 5.11 Å². The van der Waals surface area contributed by atoms with Gasteiger partial charge in [0.25, 0.3) is 0 Å². The van der Waals surface area contributed by atoms with Gasteiger partial charge in [-0.05, 0) is 28.7 Å². The molecule has 0 aliphatic carbocycles. The second kappa shape index (κ2) is 7.25. The van der Waals surface area contributed by atoms with Crippen molar-refractivity contribution in [1.29, 1.82) is 0 Å². The maximum atomic E-state index is 11.1. The SMILES string of the molecule is O=C(O)CC1=Cc2ccccc2CN(CCc2ccccc2)C1. The van der Waals surface area contributed by atoms with Crippen LogP contribution >= 0.6 is 0 Å². The second-order valence-electron chi connectivity index (χ2n) is 6.02. The minimum Gasteiger partial charge on any atom is -0.481 e. The third-order valence-corrected chi connectivity index (χ3v) is 4.17. The Morgan fingerprint density at radius 3 is 2.52 bits per heavy atom. The van der Waals surface area contributed by atoms with Gasteiger partial charge in [-0.1, -0.05) is 60.7 Å². The number of rotatable bonds is 5. The van der Waals surface area contributed by atoms with E-state index in [1.54, 1.807) is 0 Å². The first-order valence-corrected chi connectivity index (χ1v) is 7.96. The molecule has 1 N–H and O–H groups in total. The van der Waals surface area contributed by atoms with Crippen LogP contribution in [0.15, 0.2) is 60.2 Å². The van der Waals surface area contributed by atoms with Gasteiger partial charge >= 0.3 is 5.97 Å². The molecule has 0 unspecified atom stereocenters. The number of carboxylic acids is 1. The number of aliphatic carboxylic acids is 1. The summed E-state index contributed by atoms with van der Waals surface area (Å²) in [5, 5.41) is 9.14. The first-order valence-electron chi connectivity index (χ1n) is 7.96. The molecule has 23 heavy (non-hydrogen) atoms. The van der Waals surface area contributed by atoms with Crippen molar-refractivity contribution >= 4 is 12.0 Å². The van der Waals surface area contributed by atoms with E-state index in [2.05, 4.69) is 41.3 Å². The predicted octanol–water partition coefficient (Wildman–Crippen LogP) is 3.60. The van der Waals surface area contributed by atoms with E-state index in [1.165, 1.54) is 11.1 Å². The fourth-order valence-electron chi connectivity index (χ4n) is 3.06. The molecular formula is C20H21NO2. The molecule has 0 radical (unpaired) electrons. The summed E-state index contributed by atoms with van der Waals surface area (Å²) in [7, 11) is 0. The Bertz CT molecular complexity index is 707. The van der Waals surface area contributed by atoms with E-state index in [9.17, 15) is 4.79 Å². The van der Waals surface area contributed by atoms with Gasteiger partial charge in [0.1, 0.15) is 0 Å². The lowest BCUT2D eigenvalue weighted by Gasteiger charge is -2.22. The maximum Gasteiger partial charge on any atom is 0.307 e. The molecule has 0 spiro atoms. The maximum absolute atomic E-state index is 11.1. The largest absolute Gasteiger partial charge is 0.481 e. The topological polar surface area (TPSA) is 40.5 Å². The molecule has 0 fully saturated rings. The Hall–Kier alpha value is -2.39. The molecule has 0 saturated carbocycles. The highest BCUT2D eigenvalue weighted by Gasteiger charge is 2.16. The van der Waals surface area contributed by atoms with Crippen LogP contribution < -0.4 is 0 Å². The average molecular weight is 307 g/mol. The van der Waals surface area contributed by atoms with Crippen LogP contribution in [-0.2, 0) is 17.8 Å². The standard InChI is InChI=1S/C20H21NO2/c22-20(23)13-17-12-18-8-4-5-9-19(18)15-21(14-17)11-10-16-6-2-1-3-7-16/h1-9,12H,10-11,13-15H2,(H,22,23). The van der Waals surface area contributed by atoms with Crippen LogP contribution in [0.25, 0.3) is 6.08 Å². The van der Waals surface area contributed by atoms with Gasteiger partial charge in [0.2, 0.25) is 0 Å². The number of carboxylic acid groups (broad SMARTS) is 1. The Morgan fingerprint density at radius 1 is 1.00 bits per heavy atom. The highest BCUT2D eigenvalue weighted by atomic mass is 16.4. The molecule has 1 aliphatic rings. The Kier molecular flexibility index (Phi) is 4.89. The van der Waals surface area contributed by atoms with Crippen LogP contribution in [0.1, 0.15) is 23.1 Å². The lowest BCUT2D eigenvalue weighted by Crippen LogP contribution is -2.27. The molecule has 0 atom stereocenters. The number of nitrogens with zero attached hydrogens (tertiary/aromatic N) is 1. The lowest BCUT2D eigenvalue weighted by atomic mass is 10.1. The Balaban J connectivity index is 1.76. The third kappa shape index (κ3) is 4.30. The van der Waals surface area contributed by atoms with Crippen molar-refractivity contribution in [2.45, 2.75) is 19.4 Å². The van der Waals surface area contributed by atoms with Crippen molar-refractivity contribution in [1.82, 2.24) is 4.90 Å². The van der Waals surface area contributed by atoms with Gasteiger partial charge in [0.15, 0.2) is 0 Å².